The van der Waals surface area contributed by atoms with E-state index in [9.17, 15) is 9.90 Å². The third-order valence-corrected chi connectivity index (χ3v) is 7.01. The number of carbonyl (C=O) groups is 1. The molecule has 3 N–H and O–H groups in total. The van der Waals surface area contributed by atoms with Gasteiger partial charge in [-0.3, -0.25) is 9.89 Å². The van der Waals surface area contributed by atoms with Crippen molar-refractivity contribution >= 4 is 16.8 Å². The Bertz CT molecular complexity index is 1600. The lowest BCUT2D eigenvalue weighted by Crippen LogP contribution is -2.31. The molecule has 3 aromatic carbocycles. The second-order valence-electron chi connectivity index (χ2n) is 9.06. The van der Waals surface area contributed by atoms with Gasteiger partial charge in [-0.2, -0.15) is 5.10 Å². The molecule has 8 nitrogen and oxygen atoms in total. The molecular weight excluding hydrogens is 468 g/mol. The number of phenols is 1. The Balaban J connectivity index is 1.40. The number of nitrogens with one attached hydrogen (secondary N) is 2. The van der Waals surface area contributed by atoms with Gasteiger partial charge in [0.25, 0.3) is 5.91 Å². The summed E-state index contributed by atoms with van der Waals surface area (Å²) in [6.07, 6.45) is 2.64. The summed E-state index contributed by atoms with van der Waals surface area (Å²) in [5.74, 6) is 1.57. The maximum atomic E-state index is 13.7. The molecule has 37 heavy (non-hydrogen) atoms. The van der Waals surface area contributed by atoms with Crippen molar-refractivity contribution < 1.29 is 19.4 Å². The van der Waals surface area contributed by atoms with Gasteiger partial charge in [-0.25, -0.2) is 0 Å². The van der Waals surface area contributed by atoms with E-state index in [0.29, 0.717) is 30.1 Å². The summed E-state index contributed by atoms with van der Waals surface area (Å²) in [5.41, 5.74) is 5.90. The Labute approximate surface area is 213 Å². The number of aromatic nitrogens is 3. The van der Waals surface area contributed by atoms with Crippen molar-refractivity contribution in [2.24, 2.45) is 0 Å². The second kappa shape index (κ2) is 9.05. The molecule has 0 radical (unpaired) electrons. The summed E-state index contributed by atoms with van der Waals surface area (Å²) < 4.78 is 10.8. The van der Waals surface area contributed by atoms with Crippen LogP contribution in [0.25, 0.3) is 22.2 Å². The van der Waals surface area contributed by atoms with E-state index in [0.717, 1.165) is 38.9 Å². The lowest BCUT2D eigenvalue weighted by Gasteiger charge is -2.26. The molecule has 0 saturated carbocycles. The van der Waals surface area contributed by atoms with E-state index in [2.05, 4.69) is 15.2 Å². The first-order chi connectivity index (χ1) is 18.1. The number of methoxy groups -OCH3 is 2. The van der Waals surface area contributed by atoms with E-state index in [1.54, 1.807) is 26.4 Å². The van der Waals surface area contributed by atoms with Gasteiger partial charge in [-0.05, 0) is 60.0 Å². The summed E-state index contributed by atoms with van der Waals surface area (Å²) in [4.78, 5) is 18.9. The fourth-order valence-electron chi connectivity index (χ4n) is 5.15. The number of hydrogen-bond donors (Lipinski definition) is 3. The summed E-state index contributed by atoms with van der Waals surface area (Å²) in [5, 5.41) is 18.5. The molecule has 0 spiro atoms. The van der Waals surface area contributed by atoms with Gasteiger partial charge in [0.1, 0.15) is 22.9 Å². The summed E-state index contributed by atoms with van der Waals surface area (Å²) in [6, 6.07) is 20.2. The van der Waals surface area contributed by atoms with Gasteiger partial charge >= 0.3 is 0 Å². The van der Waals surface area contributed by atoms with Crippen molar-refractivity contribution in [3.05, 3.63) is 95.3 Å². The standard InChI is InChI=1S/C29H26N4O4/c1-36-21-5-3-4-18(14-21)26-25-27(32-31-26)29(35)33(28(25)17-6-8-20(34)9-7-17)13-12-19-16-30-24-11-10-22(37-2)15-23(19)24/h3-11,14-16,28,30,34H,12-13H2,1-2H3,(H,31,32)/t28-/m1/s1. The smallest absolute Gasteiger partial charge is 0.273 e. The molecule has 0 bridgehead atoms. The van der Waals surface area contributed by atoms with Crippen LogP contribution in [-0.4, -0.2) is 51.9 Å². The first-order valence-corrected chi connectivity index (χ1v) is 12.0. The van der Waals surface area contributed by atoms with Crippen LogP contribution in [0.3, 0.4) is 0 Å². The minimum absolute atomic E-state index is 0.104. The van der Waals surface area contributed by atoms with E-state index in [4.69, 9.17) is 9.47 Å². The number of phenolic OH excluding ortho intramolecular Hbond substituents is 1. The second-order valence-corrected chi connectivity index (χ2v) is 9.06. The molecular formula is C29H26N4O4. The molecule has 3 heterocycles. The maximum Gasteiger partial charge on any atom is 0.273 e. The number of ether oxygens (including phenoxy) is 2. The molecule has 0 aliphatic carbocycles. The molecule has 8 heteroatoms. The molecule has 5 aromatic rings. The van der Waals surface area contributed by atoms with Crippen molar-refractivity contribution in [3.8, 4) is 28.5 Å². The lowest BCUT2D eigenvalue weighted by atomic mass is 9.95. The molecule has 1 amide bonds. The predicted molar refractivity (Wildman–Crippen MR) is 140 cm³/mol. The quantitative estimate of drug-likeness (QED) is 0.293. The Morgan fingerprint density at radius 2 is 1.78 bits per heavy atom. The lowest BCUT2D eigenvalue weighted by molar-refractivity contribution is 0.0746. The van der Waals surface area contributed by atoms with Crippen molar-refractivity contribution in [2.45, 2.75) is 12.5 Å². The molecule has 1 atom stereocenters. The van der Waals surface area contributed by atoms with Gasteiger partial charge in [0.2, 0.25) is 0 Å². The molecule has 1 aliphatic heterocycles. The van der Waals surface area contributed by atoms with E-state index < -0.39 is 0 Å². The number of benzene rings is 3. The zero-order valence-corrected chi connectivity index (χ0v) is 20.5. The molecule has 6 rings (SSSR count). The van der Waals surface area contributed by atoms with Gasteiger partial charge in [-0.15, -0.1) is 0 Å². The van der Waals surface area contributed by atoms with Crippen LogP contribution in [0.2, 0.25) is 0 Å². The minimum Gasteiger partial charge on any atom is -0.508 e. The van der Waals surface area contributed by atoms with Gasteiger partial charge in [0.15, 0.2) is 0 Å². The third kappa shape index (κ3) is 3.87. The highest BCUT2D eigenvalue weighted by molar-refractivity contribution is 6.00. The average molecular weight is 495 g/mol. The Morgan fingerprint density at radius 3 is 2.57 bits per heavy atom. The van der Waals surface area contributed by atoms with Crippen LogP contribution in [0.4, 0.5) is 0 Å². The number of rotatable bonds is 7. The summed E-state index contributed by atoms with van der Waals surface area (Å²) in [7, 11) is 3.28. The highest BCUT2D eigenvalue weighted by atomic mass is 16.5. The summed E-state index contributed by atoms with van der Waals surface area (Å²) in [6.45, 7) is 0.495. The number of nitrogens with zero attached hydrogens (tertiary/aromatic N) is 2. The van der Waals surface area contributed by atoms with Crippen LogP contribution in [0.1, 0.15) is 33.2 Å². The number of fused-ring (bicyclic) bond motifs is 2. The fraction of sp³-hybridized carbons (Fsp3) is 0.172. The minimum atomic E-state index is -0.359. The average Bonchev–Trinajstić information content (AvgIpc) is 3.61. The number of aromatic hydroxyl groups is 1. The molecule has 186 valence electrons. The van der Waals surface area contributed by atoms with Gasteiger partial charge in [0, 0.05) is 34.8 Å². The maximum absolute atomic E-state index is 13.7. The highest BCUT2D eigenvalue weighted by Gasteiger charge is 2.42. The van der Waals surface area contributed by atoms with Gasteiger partial charge < -0.3 is 24.5 Å². The number of H-pyrrole nitrogens is 2. The molecule has 0 saturated heterocycles. The van der Waals surface area contributed by atoms with Crippen molar-refractivity contribution in [1.82, 2.24) is 20.1 Å². The van der Waals surface area contributed by atoms with E-state index in [1.807, 2.05) is 65.7 Å². The van der Waals surface area contributed by atoms with Gasteiger partial charge in [-0.1, -0.05) is 24.3 Å². The Hall–Kier alpha value is -4.72. The van der Waals surface area contributed by atoms with Crippen LogP contribution >= 0.6 is 0 Å². The van der Waals surface area contributed by atoms with Crippen LogP contribution < -0.4 is 9.47 Å². The van der Waals surface area contributed by atoms with E-state index >= 15 is 0 Å². The van der Waals surface area contributed by atoms with Crippen LogP contribution in [0.15, 0.2) is 72.9 Å². The number of amides is 1. The Morgan fingerprint density at radius 1 is 1.00 bits per heavy atom. The normalized spacial score (nSPS) is 14.8. The Kier molecular flexibility index (Phi) is 5.56. The SMILES string of the molecule is COc1cccc(-c2n[nH]c3c2[C@@H](c2ccc(O)cc2)N(CCc2c[nH]c4ccc(OC)cc24)C3=O)c1. The molecule has 0 unspecified atom stereocenters. The van der Waals surface area contributed by atoms with E-state index in [-0.39, 0.29) is 17.7 Å². The number of carbonyl (C=O) groups excluding carboxylic acids is 1. The van der Waals surface area contributed by atoms with Crippen molar-refractivity contribution in [3.63, 3.8) is 0 Å². The zero-order valence-electron chi connectivity index (χ0n) is 20.5. The first-order valence-electron chi connectivity index (χ1n) is 12.0. The predicted octanol–water partition coefficient (Wildman–Crippen LogP) is 5.07. The van der Waals surface area contributed by atoms with Crippen LogP contribution in [-0.2, 0) is 6.42 Å². The monoisotopic (exact) mass is 494 g/mol. The highest BCUT2D eigenvalue weighted by Crippen LogP contribution is 2.43. The fourth-order valence-corrected chi connectivity index (χ4v) is 5.15. The van der Waals surface area contributed by atoms with Crippen molar-refractivity contribution in [2.75, 3.05) is 20.8 Å². The molecule has 2 aromatic heterocycles. The number of aromatic amines is 2. The topological polar surface area (TPSA) is 103 Å². The molecule has 0 fully saturated rings. The van der Waals surface area contributed by atoms with Crippen LogP contribution in [0.5, 0.6) is 17.2 Å². The van der Waals surface area contributed by atoms with Gasteiger partial charge in [0.05, 0.1) is 26.0 Å². The van der Waals surface area contributed by atoms with Crippen molar-refractivity contribution in [1.29, 1.82) is 0 Å². The first kappa shape index (κ1) is 22.7. The largest absolute Gasteiger partial charge is 0.508 e. The summed E-state index contributed by atoms with van der Waals surface area (Å²) >= 11 is 0. The zero-order chi connectivity index (χ0) is 25.5. The molecule has 1 aliphatic rings. The van der Waals surface area contributed by atoms with E-state index in [1.165, 1.54) is 0 Å². The third-order valence-electron chi connectivity index (χ3n) is 7.01. The van der Waals surface area contributed by atoms with Crippen LogP contribution in [0, 0.1) is 0 Å². The number of hydrogen-bond acceptors (Lipinski definition) is 5.